The fourth-order valence-electron chi connectivity index (χ4n) is 2.14. The summed E-state index contributed by atoms with van der Waals surface area (Å²) >= 11 is 0. The van der Waals surface area contributed by atoms with Gasteiger partial charge in [-0.15, -0.1) is 0 Å². The Morgan fingerprint density at radius 1 is 1.18 bits per heavy atom. The van der Waals surface area contributed by atoms with E-state index in [0.717, 1.165) is 24.5 Å². The first-order chi connectivity index (χ1) is 8.17. The minimum atomic E-state index is 0.833. The van der Waals surface area contributed by atoms with Gasteiger partial charge < -0.3 is 10.3 Å². The van der Waals surface area contributed by atoms with Gasteiger partial charge in [0.05, 0.1) is 0 Å². The largest absolute Gasteiger partial charge is 0.345 e. The summed E-state index contributed by atoms with van der Waals surface area (Å²) in [5.41, 5.74) is 5.06. The highest BCUT2D eigenvalue weighted by Gasteiger charge is 2.02. The molecule has 0 aliphatic heterocycles. The van der Waals surface area contributed by atoms with Crippen LogP contribution in [0.5, 0.6) is 0 Å². The van der Waals surface area contributed by atoms with Crippen molar-refractivity contribution in [1.82, 2.24) is 15.3 Å². The lowest BCUT2D eigenvalue weighted by atomic mass is 10.1. The van der Waals surface area contributed by atoms with Crippen LogP contribution < -0.4 is 5.32 Å². The summed E-state index contributed by atoms with van der Waals surface area (Å²) in [6.45, 7) is 5.09. The minimum absolute atomic E-state index is 0.833. The molecule has 2 N–H and O–H groups in total. The molecule has 0 bridgehead atoms. The number of hydrogen-bond acceptors (Lipinski definition) is 2. The first-order valence-electron chi connectivity index (χ1n) is 5.92. The standard InChI is InChI=1S/C14H19N3/c1-10-4-11(2)6-12(5-10)7-14-16-9-13(17-14)8-15-3/h4-6,9,15H,7-8H2,1-3H3,(H,16,17). The highest BCUT2D eigenvalue weighted by molar-refractivity contribution is 5.30. The van der Waals surface area contributed by atoms with E-state index in [-0.39, 0.29) is 0 Å². The molecule has 0 atom stereocenters. The molecule has 90 valence electrons. The predicted octanol–water partition coefficient (Wildman–Crippen LogP) is 2.34. The summed E-state index contributed by atoms with van der Waals surface area (Å²) < 4.78 is 0. The second-order valence-electron chi connectivity index (χ2n) is 4.56. The third kappa shape index (κ3) is 3.17. The summed E-state index contributed by atoms with van der Waals surface area (Å²) in [5, 5.41) is 3.11. The molecule has 0 amide bonds. The van der Waals surface area contributed by atoms with Gasteiger partial charge in [-0.1, -0.05) is 29.3 Å². The Bertz CT molecular complexity index is 480. The van der Waals surface area contributed by atoms with E-state index in [9.17, 15) is 0 Å². The van der Waals surface area contributed by atoms with E-state index >= 15 is 0 Å². The van der Waals surface area contributed by atoms with Crippen LogP contribution in [0.15, 0.2) is 24.4 Å². The molecule has 1 aromatic carbocycles. The van der Waals surface area contributed by atoms with Crippen LogP contribution in [-0.2, 0) is 13.0 Å². The van der Waals surface area contributed by atoms with Crippen molar-refractivity contribution >= 4 is 0 Å². The van der Waals surface area contributed by atoms with Crippen LogP contribution in [0, 0.1) is 13.8 Å². The Labute approximate surface area is 102 Å². The molecule has 0 spiro atoms. The lowest BCUT2D eigenvalue weighted by Gasteiger charge is -2.03. The molecule has 2 rings (SSSR count). The van der Waals surface area contributed by atoms with Crippen molar-refractivity contribution in [2.75, 3.05) is 7.05 Å². The third-order valence-electron chi connectivity index (χ3n) is 2.70. The first-order valence-corrected chi connectivity index (χ1v) is 5.92. The molecule has 0 fully saturated rings. The van der Waals surface area contributed by atoms with Gasteiger partial charge in [0.2, 0.25) is 0 Å². The summed E-state index contributed by atoms with van der Waals surface area (Å²) in [7, 11) is 1.93. The second-order valence-corrected chi connectivity index (χ2v) is 4.56. The summed E-state index contributed by atoms with van der Waals surface area (Å²) in [6.07, 6.45) is 2.76. The van der Waals surface area contributed by atoms with E-state index in [1.807, 2.05) is 13.2 Å². The normalized spacial score (nSPS) is 10.8. The van der Waals surface area contributed by atoms with E-state index in [2.05, 4.69) is 47.3 Å². The molecule has 1 aromatic heterocycles. The number of aromatic amines is 1. The predicted molar refractivity (Wildman–Crippen MR) is 70.1 cm³/mol. The Morgan fingerprint density at radius 3 is 2.53 bits per heavy atom. The van der Waals surface area contributed by atoms with Gasteiger partial charge in [0.15, 0.2) is 0 Å². The zero-order valence-corrected chi connectivity index (χ0v) is 10.7. The number of hydrogen-bond donors (Lipinski definition) is 2. The molecule has 3 heteroatoms. The zero-order valence-electron chi connectivity index (χ0n) is 10.7. The molecule has 0 aliphatic carbocycles. The van der Waals surface area contributed by atoms with Crippen molar-refractivity contribution in [3.63, 3.8) is 0 Å². The van der Waals surface area contributed by atoms with E-state index < -0.39 is 0 Å². The Balaban J connectivity index is 2.13. The molecule has 0 saturated carbocycles. The Kier molecular flexibility index (Phi) is 3.59. The average Bonchev–Trinajstić information content (AvgIpc) is 2.64. The van der Waals surface area contributed by atoms with Gasteiger partial charge >= 0.3 is 0 Å². The van der Waals surface area contributed by atoms with Crippen molar-refractivity contribution < 1.29 is 0 Å². The first kappa shape index (κ1) is 11.9. The molecule has 0 unspecified atom stereocenters. The second kappa shape index (κ2) is 5.15. The van der Waals surface area contributed by atoms with Crippen LogP contribution >= 0.6 is 0 Å². The Hall–Kier alpha value is -1.61. The number of aryl methyl sites for hydroxylation is 2. The van der Waals surface area contributed by atoms with Crippen molar-refractivity contribution in [2.45, 2.75) is 26.8 Å². The van der Waals surface area contributed by atoms with Gasteiger partial charge in [-0.05, 0) is 26.5 Å². The SMILES string of the molecule is CNCc1cnc(Cc2cc(C)cc(C)c2)[nH]1. The fourth-order valence-corrected chi connectivity index (χ4v) is 2.14. The maximum Gasteiger partial charge on any atom is 0.110 e. The monoisotopic (exact) mass is 229 g/mol. The third-order valence-corrected chi connectivity index (χ3v) is 2.70. The van der Waals surface area contributed by atoms with E-state index in [1.54, 1.807) is 0 Å². The van der Waals surface area contributed by atoms with Crippen molar-refractivity contribution in [1.29, 1.82) is 0 Å². The van der Waals surface area contributed by atoms with Crippen LogP contribution in [-0.4, -0.2) is 17.0 Å². The molecule has 1 heterocycles. The van der Waals surface area contributed by atoms with Gasteiger partial charge in [0.25, 0.3) is 0 Å². The number of imidazole rings is 1. The maximum atomic E-state index is 4.39. The molecular formula is C14H19N3. The zero-order chi connectivity index (χ0) is 12.3. The average molecular weight is 229 g/mol. The molecule has 2 aromatic rings. The van der Waals surface area contributed by atoms with Gasteiger partial charge in [-0.25, -0.2) is 4.98 Å². The molecule has 17 heavy (non-hydrogen) atoms. The van der Waals surface area contributed by atoms with Crippen LogP contribution in [0.4, 0.5) is 0 Å². The smallest absolute Gasteiger partial charge is 0.110 e. The fraction of sp³-hybridized carbons (Fsp3) is 0.357. The minimum Gasteiger partial charge on any atom is -0.345 e. The summed E-state index contributed by atoms with van der Waals surface area (Å²) in [6, 6.07) is 6.62. The highest BCUT2D eigenvalue weighted by Crippen LogP contribution is 2.12. The van der Waals surface area contributed by atoms with Crippen LogP contribution in [0.3, 0.4) is 0 Å². The number of nitrogens with zero attached hydrogens (tertiary/aromatic N) is 1. The number of H-pyrrole nitrogens is 1. The summed E-state index contributed by atoms with van der Waals surface area (Å²) in [4.78, 5) is 7.72. The van der Waals surface area contributed by atoms with Gasteiger partial charge in [-0.3, -0.25) is 0 Å². The highest BCUT2D eigenvalue weighted by atomic mass is 14.9. The molecular weight excluding hydrogens is 210 g/mol. The topological polar surface area (TPSA) is 40.7 Å². The van der Waals surface area contributed by atoms with Crippen molar-refractivity contribution in [3.05, 3.63) is 52.6 Å². The maximum absolute atomic E-state index is 4.39. The van der Waals surface area contributed by atoms with Gasteiger partial charge in [-0.2, -0.15) is 0 Å². The lowest BCUT2D eigenvalue weighted by Crippen LogP contribution is -2.05. The van der Waals surface area contributed by atoms with Crippen LogP contribution in [0.25, 0.3) is 0 Å². The van der Waals surface area contributed by atoms with E-state index in [0.29, 0.717) is 0 Å². The molecule has 0 saturated heterocycles. The van der Waals surface area contributed by atoms with E-state index in [4.69, 9.17) is 0 Å². The van der Waals surface area contributed by atoms with Crippen molar-refractivity contribution in [3.8, 4) is 0 Å². The van der Waals surface area contributed by atoms with Crippen molar-refractivity contribution in [2.24, 2.45) is 0 Å². The van der Waals surface area contributed by atoms with E-state index in [1.165, 1.54) is 16.7 Å². The number of nitrogens with one attached hydrogen (secondary N) is 2. The molecule has 0 radical (unpaired) electrons. The quantitative estimate of drug-likeness (QED) is 0.845. The number of benzene rings is 1. The molecule has 3 nitrogen and oxygen atoms in total. The van der Waals surface area contributed by atoms with Gasteiger partial charge in [0, 0.05) is 24.9 Å². The van der Waals surface area contributed by atoms with Crippen LogP contribution in [0.1, 0.15) is 28.2 Å². The number of rotatable bonds is 4. The Morgan fingerprint density at radius 2 is 1.88 bits per heavy atom. The molecule has 0 aliphatic rings. The van der Waals surface area contributed by atoms with Gasteiger partial charge in [0.1, 0.15) is 5.82 Å². The lowest BCUT2D eigenvalue weighted by molar-refractivity contribution is 0.793. The van der Waals surface area contributed by atoms with Crippen LogP contribution in [0.2, 0.25) is 0 Å². The number of aromatic nitrogens is 2. The summed E-state index contributed by atoms with van der Waals surface area (Å²) in [5.74, 6) is 1.03.